The predicted molar refractivity (Wildman–Crippen MR) is 95.6 cm³/mol. The van der Waals surface area contributed by atoms with Gasteiger partial charge in [-0.1, -0.05) is 36.4 Å². The molecule has 0 saturated heterocycles. The van der Waals surface area contributed by atoms with E-state index in [4.69, 9.17) is 0 Å². The molecule has 0 aliphatic carbocycles. The molecule has 0 radical (unpaired) electrons. The fraction of sp³-hybridized carbons (Fsp3) is 0.263. The molecule has 1 heterocycles. The molecule has 24 heavy (non-hydrogen) atoms. The van der Waals surface area contributed by atoms with Crippen LogP contribution in [-0.4, -0.2) is 28.8 Å². The lowest BCUT2D eigenvalue weighted by Crippen LogP contribution is -2.36. The molecule has 0 fully saturated rings. The molecule has 2 aromatic carbocycles. The van der Waals surface area contributed by atoms with Crippen molar-refractivity contribution in [1.29, 1.82) is 0 Å². The SMILES string of the molecule is CC(NC(=O)CNCCn1cccn1)c1ccc2ccccc2c1. The van der Waals surface area contributed by atoms with Gasteiger partial charge >= 0.3 is 0 Å². The Hall–Kier alpha value is -2.66. The third-order valence-electron chi connectivity index (χ3n) is 4.01. The Balaban J connectivity index is 1.47. The molecule has 124 valence electrons. The van der Waals surface area contributed by atoms with E-state index in [1.807, 2.05) is 36.0 Å². The van der Waals surface area contributed by atoms with Gasteiger partial charge in [-0.05, 0) is 35.4 Å². The second-order valence-electron chi connectivity index (χ2n) is 5.84. The van der Waals surface area contributed by atoms with Crippen molar-refractivity contribution in [2.24, 2.45) is 0 Å². The summed E-state index contributed by atoms with van der Waals surface area (Å²) in [6, 6.07) is 16.4. The molecular formula is C19H22N4O. The van der Waals surface area contributed by atoms with Crippen molar-refractivity contribution in [3.8, 4) is 0 Å². The maximum Gasteiger partial charge on any atom is 0.234 e. The summed E-state index contributed by atoms with van der Waals surface area (Å²) in [4.78, 5) is 12.1. The van der Waals surface area contributed by atoms with Gasteiger partial charge in [0.15, 0.2) is 0 Å². The zero-order valence-electron chi connectivity index (χ0n) is 13.8. The molecule has 5 nitrogen and oxygen atoms in total. The number of carbonyl (C=O) groups excluding carboxylic acids is 1. The molecule has 0 bridgehead atoms. The van der Waals surface area contributed by atoms with Crippen molar-refractivity contribution in [1.82, 2.24) is 20.4 Å². The monoisotopic (exact) mass is 322 g/mol. The zero-order valence-corrected chi connectivity index (χ0v) is 13.8. The minimum absolute atomic E-state index is 0.00359. The number of amides is 1. The van der Waals surface area contributed by atoms with E-state index in [1.165, 1.54) is 10.8 Å². The second-order valence-corrected chi connectivity index (χ2v) is 5.84. The maximum atomic E-state index is 12.1. The van der Waals surface area contributed by atoms with Gasteiger partial charge in [0.1, 0.15) is 0 Å². The highest BCUT2D eigenvalue weighted by Crippen LogP contribution is 2.20. The van der Waals surface area contributed by atoms with Gasteiger partial charge in [-0.25, -0.2) is 0 Å². The molecule has 1 atom stereocenters. The number of benzene rings is 2. The van der Waals surface area contributed by atoms with E-state index < -0.39 is 0 Å². The summed E-state index contributed by atoms with van der Waals surface area (Å²) in [5, 5.41) is 12.7. The molecular weight excluding hydrogens is 300 g/mol. The van der Waals surface area contributed by atoms with Crippen LogP contribution in [0.3, 0.4) is 0 Å². The van der Waals surface area contributed by atoms with Gasteiger partial charge in [0, 0.05) is 18.9 Å². The van der Waals surface area contributed by atoms with Crippen LogP contribution < -0.4 is 10.6 Å². The highest BCUT2D eigenvalue weighted by atomic mass is 16.1. The summed E-state index contributed by atoms with van der Waals surface area (Å²) in [6.07, 6.45) is 3.65. The lowest BCUT2D eigenvalue weighted by Gasteiger charge is -2.15. The molecule has 1 unspecified atom stereocenters. The van der Waals surface area contributed by atoms with E-state index >= 15 is 0 Å². The molecule has 2 N–H and O–H groups in total. The molecule has 1 amide bonds. The molecule has 0 spiro atoms. The number of hydrogen-bond donors (Lipinski definition) is 2. The quantitative estimate of drug-likeness (QED) is 0.657. The maximum absolute atomic E-state index is 12.1. The van der Waals surface area contributed by atoms with Crippen molar-refractivity contribution in [3.05, 3.63) is 66.5 Å². The number of nitrogens with one attached hydrogen (secondary N) is 2. The van der Waals surface area contributed by atoms with Crippen molar-refractivity contribution in [2.75, 3.05) is 13.1 Å². The van der Waals surface area contributed by atoms with E-state index in [-0.39, 0.29) is 11.9 Å². The number of hydrogen-bond acceptors (Lipinski definition) is 3. The van der Waals surface area contributed by atoms with Crippen molar-refractivity contribution in [2.45, 2.75) is 19.5 Å². The smallest absolute Gasteiger partial charge is 0.234 e. The van der Waals surface area contributed by atoms with E-state index in [1.54, 1.807) is 6.20 Å². The standard InChI is InChI=1S/C19H22N4O/c1-15(17-8-7-16-5-2-3-6-18(16)13-17)22-19(24)14-20-10-12-23-11-4-9-21-23/h2-9,11,13,15,20H,10,12,14H2,1H3,(H,22,24). The van der Waals surface area contributed by atoms with E-state index in [0.717, 1.165) is 12.1 Å². The minimum atomic E-state index is -0.0185. The average Bonchev–Trinajstić information content (AvgIpc) is 3.11. The van der Waals surface area contributed by atoms with Crippen LogP contribution >= 0.6 is 0 Å². The van der Waals surface area contributed by atoms with Gasteiger partial charge < -0.3 is 10.6 Å². The first-order valence-corrected chi connectivity index (χ1v) is 8.18. The zero-order chi connectivity index (χ0) is 16.8. The fourth-order valence-corrected chi connectivity index (χ4v) is 2.68. The Bertz CT molecular complexity index is 798. The van der Waals surface area contributed by atoms with Crippen molar-refractivity contribution in [3.63, 3.8) is 0 Å². The first kappa shape index (κ1) is 16.2. The van der Waals surface area contributed by atoms with E-state index in [9.17, 15) is 4.79 Å². The van der Waals surface area contributed by atoms with Crippen LogP contribution in [0.1, 0.15) is 18.5 Å². The first-order chi connectivity index (χ1) is 11.7. The third kappa shape index (κ3) is 4.20. The topological polar surface area (TPSA) is 59.0 Å². The summed E-state index contributed by atoms with van der Waals surface area (Å²) < 4.78 is 1.84. The molecule has 0 saturated carbocycles. The van der Waals surface area contributed by atoms with E-state index in [2.05, 4.69) is 46.1 Å². The average molecular weight is 322 g/mol. The van der Waals surface area contributed by atoms with Crippen molar-refractivity contribution >= 4 is 16.7 Å². The Morgan fingerprint density at radius 1 is 1.17 bits per heavy atom. The van der Waals surface area contributed by atoms with Crippen LogP contribution in [0.25, 0.3) is 10.8 Å². The van der Waals surface area contributed by atoms with Gasteiger partial charge in [-0.2, -0.15) is 5.10 Å². The Kier molecular flexibility index (Phi) is 5.23. The highest BCUT2D eigenvalue weighted by Gasteiger charge is 2.09. The summed E-state index contributed by atoms with van der Waals surface area (Å²) in [5.41, 5.74) is 1.11. The first-order valence-electron chi connectivity index (χ1n) is 8.18. The normalized spacial score (nSPS) is 12.2. The summed E-state index contributed by atoms with van der Waals surface area (Å²) in [7, 11) is 0. The minimum Gasteiger partial charge on any atom is -0.348 e. The lowest BCUT2D eigenvalue weighted by atomic mass is 10.0. The van der Waals surface area contributed by atoms with Gasteiger partial charge in [-0.15, -0.1) is 0 Å². The number of aromatic nitrogens is 2. The number of rotatable bonds is 7. The second kappa shape index (κ2) is 7.75. The molecule has 1 aromatic heterocycles. The largest absolute Gasteiger partial charge is 0.348 e. The molecule has 5 heteroatoms. The Morgan fingerprint density at radius 3 is 2.79 bits per heavy atom. The van der Waals surface area contributed by atoms with Crippen LogP contribution in [0.15, 0.2) is 60.9 Å². The van der Waals surface area contributed by atoms with Crippen LogP contribution in [0.4, 0.5) is 0 Å². The van der Waals surface area contributed by atoms with Crippen molar-refractivity contribution < 1.29 is 4.79 Å². The molecule has 0 aliphatic rings. The summed E-state index contributed by atoms with van der Waals surface area (Å²) in [5.74, 6) is -0.00359. The Morgan fingerprint density at radius 2 is 2.00 bits per heavy atom. The Labute approximate surface area is 141 Å². The van der Waals surface area contributed by atoms with E-state index in [0.29, 0.717) is 13.1 Å². The predicted octanol–water partition coefficient (Wildman–Crippen LogP) is 2.50. The molecule has 3 rings (SSSR count). The number of carbonyl (C=O) groups is 1. The van der Waals surface area contributed by atoms with Gasteiger partial charge in [-0.3, -0.25) is 9.48 Å². The van der Waals surface area contributed by atoms with Crippen LogP contribution in [-0.2, 0) is 11.3 Å². The lowest BCUT2D eigenvalue weighted by molar-refractivity contribution is -0.120. The van der Waals surface area contributed by atoms with Crippen LogP contribution in [0, 0.1) is 0 Å². The number of nitrogens with zero attached hydrogens (tertiary/aromatic N) is 2. The summed E-state index contributed by atoms with van der Waals surface area (Å²) >= 11 is 0. The van der Waals surface area contributed by atoms with Crippen LogP contribution in [0.2, 0.25) is 0 Å². The molecule has 0 aliphatic heterocycles. The van der Waals surface area contributed by atoms with Gasteiger partial charge in [0.25, 0.3) is 0 Å². The molecule has 3 aromatic rings. The number of fused-ring (bicyclic) bond motifs is 1. The van der Waals surface area contributed by atoms with Crippen LogP contribution in [0.5, 0.6) is 0 Å². The fourth-order valence-electron chi connectivity index (χ4n) is 2.68. The summed E-state index contributed by atoms with van der Waals surface area (Å²) in [6.45, 7) is 3.77. The highest BCUT2D eigenvalue weighted by molar-refractivity contribution is 5.83. The van der Waals surface area contributed by atoms with Gasteiger partial charge in [0.05, 0.1) is 19.1 Å². The van der Waals surface area contributed by atoms with Gasteiger partial charge in [0.2, 0.25) is 5.91 Å². The third-order valence-corrected chi connectivity index (χ3v) is 4.01.